The number of nitrogens with one attached hydrogen (secondary N) is 1. The molecule has 3 N–H and O–H groups in total. The fourth-order valence-electron chi connectivity index (χ4n) is 1.66. The summed E-state index contributed by atoms with van der Waals surface area (Å²) in [6, 6.07) is 7.57. The van der Waals surface area contributed by atoms with Crippen LogP contribution >= 0.6 is 27.5 Å². The molecule has 3 nitrogen and oxygen atoms in total. The van der Waals surface area contributed by atoms with E-state index in [1.54, 1.807) is 6.26 Å². The predicted molar refractivity (Wildman–Crippen MR) is 71.8 cm³/mol. The van der Waals surface area contributed by atoms with Gasteiger partial charge >= 0.3 is 0 Å². The molecule has 0 amide bonds. The lowest BCUT2D eigenvalue weighted by Crippen LogP contribution is -2.28. The minimum Gasteiger partial charge on any atom is -0.457 e. The van der Waals surface area contributed by atoms with Crippen LogP contribution < -0.4 is 11.3 Å². The third kappa shape index (κ3) is 2.55. The first kappa shape index (κ1) is 12.6. The van der Waals surface area contributed by atoms with Crippen LogP contribution in [0.5, 0.6) is 0 Å². The lowest BCUT2D eigenvalue weighted by molar-refractivity contribution is 0.526. The van der Waals surface area contributed by atoms with Crippen LogP contribution in [0, 0.1) is 6.92 Å². The number of hydrogen-bond acceptors (Lipinski definition) is 3. The van der Waals surface area contributed by atoms with E-state index >= 15 is 0 Å². The van der Waals surface area contributed by atoms with Crippen LogP contribution in [0.25, 0.3) is 0 Å². The molecule has 0 spiro atoms. The molecular formula is C12H12BrClN2O. The molecule has 17 heavy (non-hydrogen) atoms. The van der Waals surface area contributed by atoms with Crippen molar-refractivity contribution in [2.24, 2.45) is 5.84 Å². The highest BCUT2D eigenvalue weighted by Gasteiger charge is 2.17. The van der Waals surface area contributed by atoms with E-state index < -0.39 is 0 Å². The minimum atomic E-state index is -0.152. The summed E-state index contributed by atoms with van der Waals surface area (Å²) >= 11 is 9.46. The maximum atomic E-state index is 6.11. The van der Waals surface area contributed by atoms with Gasteiger partial charge in [-0.25, -0.2) is 5.43 Å². The van der Waals surface area contributed by atoms with Gasteiger partial charge < -0.3 is 4.42 Å². The molecule has 0 saturated heterocycles. The molecule has 0 aliphatic heterocycles. The monoisotopic (exact) mass is 314 g/mol. The van der Waals surface area contributed by atoms with Gasteiger partial charge in [0.05, 0.1) is 12.3 Å². The highest BCUT2D eigenvalue weighted by molar-refractivity contribution is 9.10. The Morgan fingerprint density at radius 1 is 1.41 bits per heavy atom. The van der Waals surface area contributed by atoms with E-state index in [-0.39, 0.29) is 6.04 Å². The van der Waals surface area contributed by atoms with E-state index in [0.29, 0.717) is 4.67 Å². The summed E-state index contributed by atoms with van der Waals surface area (Å²) in [6.45, 7) is 1.96. The molecule has 0 radical (unpaired) electrons. The van der Waals surface area contributed by atoms with Crippen molar-refractivity contribution < 1.29 is 4.42 Å². The molecule has 0 bridgehead atoms. The Hall–Kier alpha value is -0.810. The summed E-state index contributed by atoms with van der Waals surface area (Å²) in [4.78, 5) is 0. The van der Waals surface area contributed by atoms with Crippen LogP contribution in [0.1, 0.15) is 22.7 Å². The number of benzene rings is 1. The number of furan rings is 1. The molecule has 90 valence electrons. The van der Waals surface area contributed by atoms with Crippen LogP contribution in [0.15, 0.2) is 39.6 Å². The molecule has 1 aromatic heterocycles. The molecule has 1 unspecified atom stereocenters. The van der Waals surface area contributed by atoms with Crippen molar-refractivity contribution in [3.63, 3.8) is 0 Å². The second-order valence-corrected chi connectivity index (χ2v) is 4.89. The molecule has 1 heterocycles. The van der Waals surface area contributed by atoms with E-state index in [0.717, 1.165) is 21.7 Å². The maximum absolute atomic E-state index is 6.11. The van der Waals surface area contributed by atoms with Crippen molar-refractivity contribution in [2.45, 2.75) is 13.0 Å². The van der Waals surface area contributed by atoms with Gasteiger partial charge in [0, 0.05) is 10.6 Å². The molecule has 1 atom stereocenters. The summed E-state index contributed by atoms with van der Waals surface area (Å²) in [5.74, 6) is 5.60. The van der Waals surface area contributed by atoms with E-state index in [1.165, 1.54) is 0 Å². The number of hydrogen-bond donors (Lipinski definition) is 2. The molecule has 0 fully saturated rings. The van der Waals surface area contributed by atoms with Gasteiger partial charge in [0.2, 0.25) is 0 Å². The lowest BCUT2D eigenvalue weighted by Gasteiger charge is -2.16. The summed E-state index contributed by atoms with van der Waals surface area (Å²) < 4.78 is 5.87. The van der Waals surface area contributed by atoms with E-state index in [4.69, 9.17) is 21.9 Å². The smallest absolute Gasteiger partial charge is 0.174 e. The van der Waals surface area contributed by atoms with Gasteiger partial charge in [-0.15, -0.1) is 0 Å². The first-order valence-electron chi connectivity index (χ1n) is 5.08. The highest BCUT2D eigenvalue weighted by Crippen LogP contribution is 2.30. The van der Waals surface area contributed by atoms with Crippen molar-refractivity contribution in [3.8, 4) is 0 Å². The SMILES string of the molecule is Cc1ccc(C(NN)c2ccoc2Br)cc1Cl. The van der Waals surface area contributed by atoms with Crippen LogP contribution in [0.2, 0.25) is 5.02 Å². The lowest BCUT2D eigenvalue weighted by atomic mass is 10.0. The Bertz CT molecular complexity index is 527. The van der Waals surface area contributed by atoms with Gasteiger partial charge in [-0.05, 0) is 46.1 Å². The molecule has 0 saturated carbocycles. The second kappa shape index (κ2) is 5.23. The van der Waals surface area contributed by atoms with Crippen LogP contribution in [0.4, 0.5) is 0 Å². The standard InChI is InChI=1S/C12H12BrClN2O/c1-7-2-3-8(6-10(7)14)11(16-15)9-4-5-17-12(9)13/h2-6,11,16H,15H2,1H3. The number of rotatable bonds is 3. The van der Waals surface area contributed by atoms with Crippen molar-refractivity contribution in [1.29, 1.82) is 0 Å². The largest absolute Gasteiger partial charge is 0.457 e. The number of halogens is 2. The number of hydrazine groups is 1. The van der Waals surface area contributed by atoms with Crippen LogP contribution in [-0.2, 0) is 0 Å². The molecule has 2 aromatic rings. The Balaban J connectivity index is 2.42. The third-order valence-corrected chi connectivity index (χ3v) is 3.70. The van der Waals surface area contributed by atoms with Crippen molar-refractivity contribution >= 4 is 27.5 Å². The first-order valence-corrected chi connectivity index (χ1v) is 6.25. The molecule has 5 heteroatoms. The first-order chi connectivity index (χ1) is 8.13. The molecule has 1 aromatic carbocycles. The molecule has 0 aliphatic carbocycles. The topological polar surface area (TPSA) is 51.2 Å². The summed E-state index contributed by atoms with van der Waals surface area (Å²) in [5, 5.41) is 0.724. The van der Waals surface area contributed by atoms with Gasteiger partial charge in [0.15, 0.2) is 4.67 Å². The average Bonchev–Trinajstić information content (AvgIpc) is 2.71. The van der Waals surface area contributed by atoms with Crippen molar-refractivity contribution in [2.75, 3.05) is 0 Å². The Labute approximate surface area is 113 Å². The summed E-state index contributed by atoms with van der Waals surface area (Å²) in [5.41, 5.74) is 5.73. The molecular weight excluding hydrogens is 304 g/mol. The number of aryl methyl sites for hydroxylation is 1. The predicted octanol–water partition coefficient (Wildman–Crippen LogP) is 3.56. The zero-order valence-corrected chi connectivity index (χ0v) is 11.5. The second-order valence-electron chi connectivity index (χ2n) is 3.76. The number of nitrogens with two attached hydrogens (primary N) is 1. The van der Waals surface area contributed by atoms with Crippen molar-refractivity contribution in [1.82, 2.24) is 5.43 Å². The Morgan fingerprint density at radius 2 is 2.18 bits per heavy atom. The zero-order valence-electron chi connectivity index (χ0n) is 9.21. The van der Waals surface area contributed by atoms with E-state index in [2.05, 4.69) is 21.4 Å². The molecule has 0 aliphatic rings. The van der Waals surface area contributed by atoms with E-state index in [9.17, 15) is 0 Å². The molecule has 2 rings (SSSR count). The van der Waals surface area contributed by atoms with Crippen LogP contribution in [0.3, 0.4) is 0 Å². The van der Waals surface area contributed by atoms with Crippen LogP contribution in [-0.4, -0.2) is 0 Å². The summed E-state index contributed by atoms with van der Waals surface area (Å²) in [6.07, 6.45) is 1.61. The van der Waals surface area contributed by atoms with Gasteiger partial charge in [0.25, 0.3) is 0 Å². The van der Waals surface area contributed by atoms with Crippen molar-refractivity contribution in [3.05, 3.63) is 56.9 Å². The van der Waals surface area contributed by atoms with Gasteiger partial charge in [-0.2, -0.15) is 0 Å². The quantitative estimate of drug-likeness (QED) is 0.672. The fourth-order valence-corrected chi connectivity index (χ4v) is 2.32. The van der Waals surface area contributed by atoms with Gasteiger partial charge in [-0.3, -0.25) is 5.84 Å². The van der Waals surface area contributed by atoms with Gasteiger partial charge in [-0.1, -0.05) is 23.7 Å². The Kier molecular flexibility index (Phi) is 3.89. The third-order valence-electron chi connectivity index (χ3n) is 2.65. The summed E-state index contributed by atoms with van der Waals surface area (Å²) in [7, 11) is 0. The maximum Gasteiger partial charge on any atom is 0.174 e. The normalized spacial score (nSPS) is 12.7. The average molecular weight is 316 g/mol. The zero-order chi connectivity index (χ0) is 12.4. The van der Waals surface area contributed by atoms with E-state index in [1.807, 2.05) is 31.2 Å². The fraction of sp³-hybridized carbons (Fsp3) is 0.167. The minimum absolute atomic E-state index is 0.152. The Morgan fingerprint density at radius 3 is 2.71 bits per heavy atom. The van der Waals surface area contributed by atoms with Gasteiger partial charge in [0.1, 0.15) is 0 Å². The highest BCUT2D eigenvalue weighted by atomic mass is 79.9.